The monoisotopic (exact) mass is 259 g/mol. The highest BCUT2D eigenvalue weighted by Gasteiger charge is 2.13. The van der Waals surface area contributed by atoms with Crippen molar-refractivity contribution in [2.75, 3.05) is 5.75 Å². The second-order valence-electron chi connectivity index (χ2n) is 4.16. The number of aromatic nitrogens is 2. The minimum absolute atomic E-state index is 0.337. The number of carboxylic acid groups (broad SMARTS) is 1. The molecule has 0 spiro atoms. The largest absolute Gasteiger partial charge is 0.480 e. The smallest absolute Gasteiger partial charge is 0.321 e. The third kappa shape index (κ3) is 5.18. The van der Waals surface area contributed by atoms with Crippen LogP contribution in [0.1, 0.15) is 25.6 Å². The molecule has 0 amide bonds. The van der Waals surface area contributed by atoms with Gasteiger partial charge in [-0.1, -0.05) is 19.0 Å². The molecule has 96 valence electrons. The van der Waals surface area contributed by atoms with Crippen LogP contribution in [-0.2, 0) is 17.0 Å². The number of hydrogen-bond acceptors (Lipinski definition) is 6. The summed E-state index contributed by atoms with van der Waals surface area (Å²) in [5.74, 6) is 1.54. The summed E-state index contributed by atoms with van der Waals surface area (Å²) in [5.41, 5.74) is 5.37. The molecular formula is C10H17N3O3S. The molecule has 1 unspecified atom stereocenters. The van der Waals surface area contributed by atoms with E-state index in [9.17, 15) is 4.79 Å². The van der Waals surface area contributed by atoms with Crippen molar-refractivity contribution in [3.63, 3.8) is 0 Å². The maximum Gasteiger partial charge on any atom is 0.321 e. The molecule has 3 N–H and O–H groups in total. The van der Waals surface area contributed by atoms with Crippen molar-refractivity contribution in [1.82, 2.24) is 10.1 Å². The lowest BCUT2D eigenvalue weighted by atomic mass is 10.1. The molecule has 1 aromatic rings. The van der Waals surface area contributed by atoms with Crippen molar-refractivity contribution in [1.29, 1.82) is 0 Å². The lowest BCUT2D eigenvalue weighted by Crippen LogP contribution is -2.32. The Bertz CT molecular complexity index is 367. The molecule has 1 atom stereocenters. The fourth-order valence-electron chi connectivity index (χ4n) is 1.13. The van der Waals surface area contributed by atoms with Gasteiger partial charge < -0.3 is 15.4 Å². The van der Waals surface area contributed by atoms with Gasteiger partial charge in [0, 0.05) is 12.2 Å². The van der Waals surface area contributed by atoms with Crippen LogP contribution in [0.2, 0.25) is 0 Å². The summed E-state index contributed by atoms with van der Waals surface area (Å²) in [6.45, 7) is 4.15. The second-order valence-corrected chi connectivity index (χ2v) is 5.19. The summed E-state index contributed by atoms with van der Waals surface area (Å²) in [5, 5.41) is 12.4. The molecule has 0 saturated heterocycles. The van der Waals surface area contributed by atoms with E-state index in [1.54, 1.807) is 0 Å². The molecule has 0 radical (unpaired) electrons. The highest BCUT2D eigenvalue weighted by atomic mass is 32.2. The first-order valence-electron chi connectivity index (χ1n) is 5.36. The molecule has 1 heterocycles. The molecular weight excluding hydrogens is 242 g/mol. The molecule has 7 heteroatoms. The van der Waals surface area contributed by atoms with Crippen LogP contribution in [0.3, 0.4) is 0 Å². The van der Waals surface area contributed by atoms with Gasteiger partial charge in [0.25, 0.3) is 0 Å². The van der Waals surface area contributed by atoms with Crippen LogP contribution in [0.25, 0.3) is 0 Å². The predicted molar refractivity (Wildman–Crippen MR) is 64.6 cm³/mol. The normalized spacial score (nSPS) is 12.9. The minimum atomic E-state index is -0.994. The highest BCUT2D eigenvalue weighted by Crippen LogP contribution is 2.12. The molecule has 0 aliphatic rings. The van der Waals surface area contributed by atoms with Gasteiger partial charge in [0.15, 0.2) is 5.82 Å². The van der Waals surface area contributed by atoms with Crippen molar-refractivity contribution >= 4 is 17.7 Å². The van der Waals surface area contributed by atoms with Crippen LogP contribution in [-0.4, -0.2) is 33.0 Å². The molecule has 0 saturated carbocycles. The van der Waals surface area contributed by atoms with Crippen LogP contribution in [0.4, 0.5) is 0 Å². The Morgan fingerprint density at radius 1 is 1.59 bits per heavy atom. The number of nitrogens with zero attached hydrogens (tertiary/aromatic N) is 2. The topological polar surface area (TPSA) is 102 Å². The summed E-state index contributed by atoms with van der Waals surface area (Å²) >= 11 is 1.38. The zero-order valence-electron chi connectivity index (χ0n) is 9.92. The first kappa shape index (κ1) is 14.0. The standard InChI is InChI=1S/C10H17N3O3S/c1-6(2)3-9-12-8(13-16-9)5-17-4-7(11)10(14)15/h6-7H,3-5,11H2,1-2H3,(H,14,15). The predicted octanol–water partition coefficient (Wildman–Crippen LogP) is 0.913. The van der Waals surface area contributed by atoms with Crippen LogP contribution in [0.5, 0.6) is 0 Å². The van der Waals surface area contributed by atoms with E-state index in [2.05, 4.69) is 24.0 Å². The molecule has 6 nitrogen and oxygen atoms in total. The van der Waals surface area contributed by atoms with E-state index in [-0.39, 0.29) is 0 Å². The summed E-state index contributed by atoms with van der Waals surface area (Å²) < 4.78 is 5.06. The summed E-state index contributed by atoms with van der Waals surface area (Å²) in [6, 6.07) is -0.845. The van der Waals surface area contributed by atoms with Gasteiger partial charge in [0.1, 0.15) is 6.04 Å². The number of aliphatic carboxylic acids is 1. The van der Waals surface area contributed by atoms with Gasteiger partial charge in [-0.3, -0.25) is 4.79 Å². The van der Waals surface area contributed by atoms with Crippen molar-refractivity contribution in [2.45, 2.75) is 32.1 Å². The first-order valence-corrected chi connectivity index (χ1v) is 6.52. The molecule has 1 rings (SSSR count). The van der Waals surface area contributed by atoms with Gasteiger partial charge in [-0.15, -0.1) is 0 Å². The van der Waals surface area contributed by atoms with E-state index < -0.39 is 12.0 Å². The van der Waals surface area contributed by atoms with Gasteiger partial charge in [0.2, 0.25) is 5.89 Å². The number of nitrogens with two attached hydrogens (primary N) is 1. The Balaban J connectivity index is 2.32. The lowest BCUT2D eigenvalue weighted by Gasteiger charge is -2.03. The number of rotatable bonds is 7. The fraction of sp³-hybridized carbons (Fsp3) is 0.700. The maximum atomic E-state index is 10.5. The number of carboxylic acids is 1. The Morgan fingerprint density at radius 2 is 2.29 bits per heavy atom. The summed E-state index contributed by atoms with van der Waals surface area (Å²) in [4.78, 5) is 14.7. The third-order valence-electron chi connectivity index (χ3n) is 1.94. The molecule has 0 fully saturated rings. The van der Waals surface area contributed by atoms with Crippen LogP contribution >= 0.6 is 11.8 Å². The summed E-state index contributed by atoms with van der Waals surface area (Å²) in [6.07, 6.45) is 0.756. The number of hydrogen-bond donors (Lipinski definition) is 2. The molecule has 0 aromatic carbocycles. The Morgan fingerprint density at radius 3 is 2.88 bits per heavy atom. The third-order valence-corrected chi connectivity index (χ3v) is 3.00. The Labute approximate surface area is 104 Å². The van der Waals surface area contributed by atoms with E-state index in [0.717, 1.165) is 6.42 Å². The van der Waals surface area contributed by atoms with Crippen LogP contribution in [0.15, 0.2) is 4.52 Å². The van der Waals surface area contributed by atoms with Crippen molar-refractivity contribution in [2.24, 2.45) is 11.7 Å². The zero-order valence-corrected chi connectivity index (χ0v) is 10.7. The SMILES string of the molecule is CC(C)Cc1nc(CSCC(N)C(=O)O)no1. The number of thioether (sulfide) groups is 1. The van der Waals surface area contributed by atoms with E-state index in [1.807, 2.05) is 0 Å². The lowest BCUT2D eigenvalue weighted by molar-refractivity contribution is -0.137. The maximum absolute atomic E-state index is 10.5. The van der Waals surface area contributed by atoms with Gasteiger partial charge in [-0.05, 0) is 5.92 Å². The van der Waals surface area contributed by atoms with E-state index in [1.165, 1.54) is 11.8 Å². The van der Waals surface area contributed by atoms with E-state index >= 15 is 0 Å². The van der Waals surface area contributed by atoms with Crippen molar-refractivity contribution in [3.8, 4) is 0 Å². The first-order chi connectivity index (χ1) is 7.99. The zero-order chi connectivity index (χ0) is 12.8. The summed E-state index contributed by atoms with van der Waals surface area (Å²) in [7, 11) is 0. The number of carbonyl (C=O) groups is 1. The van der Waals surface area contributed by atoms with Gasteiger partial charge in [-0.2, -0.15) is 16.7 Å². The Hall–Kier alpha value is -1.08. The van der Waals surface area contributed by atoms with Crippen LogP contribution in [0, 0.1) is 5.92 Å². The molecule has 17 heavy (non-hydrogen) atoms. The van der Waals surface area contributed by atoms with E-state index in [0.29, 0.717) is 29.1 Å². The van der Waals surface area contributed by atoms with Crippen molar-refractivity contribution in [3.05, 3.63) is 11.7 Å². The minimum Gasteiger partial charge on any atom is -0.480 e. The fourth-order valence-corrected chi connectivity index (χ4v) is 1.94. The quantitative estimate of drug-likeness (QED) is 0.750. The average Bonchev–Trinajstić information content (AvgIpc) is 2.64. The average molecular weight is 259 g/mol. The van der Waals surface area contributed by atoms with Crippen LogP contribution < -0.4 is 5.73 Å². The second kappa shape index (κ2) is 6.61. The van der Waals surface area contributed by atoms with E-state index in [4.69, 9.17) is 15.4 Å². The molecule has 0 bridgehead atoms. The molecule has 0 aliphatic carbocycles. The van der Waals surface area contributed by atoms with Gasteiger partial charge in [-0.25, -0.2) is 0 Å². The molecule has 0 aliphatic heterocycles. The van der Waals surface area contributed by atoms with Crippen molar-refractivity contribution < 1.29 is 14.4 Å². The highest BCUT2D eigenvalue weighted by molar-refractivity contribution is 7.98. The Kier molecular flexibility index (Phi) is 5.43. The van der Waals surface area contributed by atoms with Gasteiger partial charge >= 0.3 is 5.97 Å². The molecule has 1 aromatic heterocycles. The van der Waals surface area contributed by atoms with Gasteiger partial charge in [0.05, 0.1) is 5.75 Å².